The quantitative estimate of drug-likeness (QED) is 0.447. The maximum atomic E-state index is 5.81. The number of aliphatic imine (C=N–C) groups is 1. The van der Waals surface area contributed by atoms with E-state index in [0.29, 0.717) is 15.9 Å². The lowest BCUT2D eigenvalue weighted by atomic mass is 10.4. The fourth-order valence-corrected chi connectivity index (χ4v) is 1.06. The Morgan fingerprint density at radius 1 is 1.21 bits per heavy atom. The van der Waals surface area contributed by atoms with Gasteiger partial charge in [-0.3, -0.25) is 0 Å². The Morgan fingerprint density at radius 2 is 1.71 bits per heavy atom. The second kappa shape index (κ2) is 4.57. The summed E-state index contributed by atoms with van der Waals surface area (Å²) in [6, 6.07) is 0. The van der Waals surface area contributed by atoms with Gasteiger partial charge in [-0.1, -0.05) is 23.2 Å². The highest BCUT2D eigenvalue weighted by atomic mass is 35.5. The molecule has 0 radical (unpaired) electrons. The lowest BCUT2D eigenvalue weighted by molar-refractivity contribution is 0.642. The molecule has 1 heterocycles. The number of aromatic nitrogens is 2. The smallest absolute Gasteiger partial charge is 0.253 e. The minimum Gasteiger partial charge on any atom is -0.369 e. The van der Waals surface area contributed by atoms with Crippen LogP contribution in [0, 0.1) is 6.92 Å². The lowest BCUT2D eigenvalue weighted by Crippen LogP contribution is -2.07. The topological polar surface area (TPSA) is 41.4 Å². The number of halogens is 2. The fourth-order valence-electron chi connectivity index (χ4n) is 0.678. The van der Waals surface area contributed by atoms with Crippen molar-refractivity contribution in [1.29, 1.82) is 0 Å². The zero-order valence-corrected chi connectivity index (χ0v) is 9.63. The summed E-state index contributed by atoms with van der Waals surface area (Å²) >= 11 is 11.6. The summed E-state index contributed by atoms with van der Waals surface area (Å²) < 4.78 is 0. The number of hydrogen-bond acceptors (Lipinski definition) is 3. The Balaban J connectivity index is 3.01. The molecular formula is C8H10Cl2N4. The third kappa shape index (κ3) is 2.82. The van der Waals surface area contributed by atoms with E-state index in [9.17, 15) is 0 Å². The Bertz CT molecular complexity index is 339. The fraction of sp³-hybridized carbons (Fsp3) is 0.375. The van der Waals surface area contributed by atoms with Gasteiger partial charge in [-0.05, 0) is 6.92 Å². The first-order valence-electron chi connectivity index (χ1n) is 3.91. The monoisotopic (exact) mass is 232 g/mol. The van der Waals surface area contributed by atoms with Crippen molar-refractivity contribution >= 4 is 35.5 Å². The van der Waals surface area contributed by atoms with Crippen molar-refractivity contribution in [3.8, 4) is 0 Å². The van der Waals surface area contributed by atoms with Gasteiger partial charge in [0.1, 0.15) is 10.3 Å². The predicted octanol–water partition coefficient (Wildman–Crippen LogP) is 2.31. The molecule has 0 fully saturated rings. The molecule has 76 valence electrons. The van der Waals surface area contributed by atoms with Gasteiger partial charge >= 0.3 is 0 Å². The van der Waals surface area contributed by atoms with E-state index in [0.717, 1.165) is 0 Å². The molecule has 0 atom stereocenters. The minimum absolute atomic E-state index is 0.263. The number of nitrogens with zero attached hydrogens (tertiary/aromatic N) is 4. The molecule has 0 aromatic carbocycles. The van der Waals surface area contributed by atoms with Crippen LogP contribution in [-0.2, 0) is 0 Å². The van der Waals surface area contributed by atoms with E-state index >= 15 is 0 Å². The second-order valence-electron chi connectivity index (χ2n) is 2.94. The van der Waals surface area contributed by atoms with Crippen LogP contribution in [0.3, 0.4) is 0 Å². The SMILES string of the molecule is Cc1c(Cl)nc(N=CN(C)C)nc1Cl. The molecule has 0 unspecified atom stereocenters. The van der Waals surface area contributed by atoms with E-state index in [-0.39, 0.29) is 5.95 Å². The van der Waals surface area contributed by atoms with E-state index < -0.39 is 0 Å². The first-order chi connectivity index (χ1) is 6.50. The summed E-state index contributed by atoms with van der Waals surface area (Å²) in [6.45, 7) is 1.75. The molecule has 0 amide bonds. The molecule has 1 aromatic heterocycles. The number of hydrogen-bond donors (Lipinski definition) is 0. The normalized spacial score (nSPS) is 10.9. The molecule has 14 heavy (non-hydrogen) atoms. The maximum Gasteiger partial charge on any atom is 0.253 e. The van der Waals surface area contributed by atoms with E-state index in [2.05, 4.69) is 15.0 Å². The molecule has 1 aromatic rings. The van der Waals surface area contributed by atoms with E-state index in [1.807, 2.05) is 14.1 Å². The highest BCUT2D eigenvalue weighted by molar-refractivity contribution is 6.34. The zero-order chi connectivity index (χ0) is 10.7. The Hall–Kier alpha value is -0.870. The molecular weight excluding hydrogens is 223 g/mol. The van der Waals surface area contributed by atoms with Gasteiger partial charge in [-0.15, -0.1) is 0 Å². The van der Waals surface area contributed by atoms with E-state index in [1.165, 1.54) is 0 Å². The second-order valence-corrected chi connectivity index (χ2v) is 3.65. The van der Waals surface area contributed by atoms with Gasteiger partial charge < -0.3 is 4.90 Å². The van der Waals surface area contributed by atoms with Gasteiger partial charge in [0.25, 0.3) is 5.95 Å². The van der Waals surface area contributed by atoms with Crippen LogP contribution in [0.4, 0.5) is 5.95 Å². The Morgan fingerprint density at radius 3 is 2.14 bits per heavy atom. The van der Waals surface area contributed by atoms with E-state index in [1.54, 1.807) is 18.2 Å². The molecule has 6 heteroatoms. The van der Waals surface area contributed by atoms with Gasteiger partial charge in [0.2, 0.25) is 0 Å². The van der Waals surface area contributed by atoms with Gasteiger partial charge in [-0.25, -0.2) is 4.99 Å². The van der Waals surface area contributed by atoms with Crippen molar-refractivity contribution in [2.45, 2.75) is 6.92 Å². The average molecular weight is 233 g/mol. The highest BCUT2D eigenvalue weighted by Gasteiger charge is 2.05. The van der Waals surface area contributed by atoms with Crippen LogP contribution in [0.25, 0.3) is 0 Å². The summed E-state index contributed by atoms with van der Waals surface area (Å²) in [6.07, 6.45) is 1.58. The molecule has 0 bridgehead atoms. The predicted molar refractivity (Wildman–Crippen MR) is 58.6 cm³/mol. The summed E-state index contributed by atoms with van der Waals surface area (Å²) in [5.41, 5.74) is 0.664. The molecule has 0 N–H and O–H groups in total. The molecule has 0 spiro atoms. The molecule has 0 saturated carbocycles. The van der Waals surface area contributed by atoms with Crippen molar-refractivity contribution in [3.63, 3.8) is 0 Å². The lowest BCUT2D eigenvalue weighted by Gasteiger charge is -2.03. The largest absolute Gasteiger partial charge is 0.369 e. The summed E-state index contributed by atoms with van der Waals surface area (Å²) in [4.78, 5) is 13.6. The maximum absolute atomic E-state index is 5.81. The number of rotatable bonds is 2. The summed E-state index contributed by atoms with van der Waals surface area (Å²) in [5, 5.41) is 0.659. The molecule has 1 rings (SSSR count). The van der Waals surface area contributed by atoms with Crippen LogP contribution in [0.2, 0.25) is 10.3 Å². The van der Waals surface area contributed by atoms with Crippen LogP contribution >= 0.6 is 23.2 Å². The Kier molecular flexibility index (Phi) is 3.66. The van der Waals surface area contributed by atoms with Crippen molar-refractivity contribution < 1.29 is 0 Å². The van der Waals surface area contributed by atoms with Gasteiger partial charge in [0.15, 0.2) is 0 Å². The summed E-state index contributed by atoms with van der Waals surface area (Å²) in [5.74, 6) is 0.263. The molecule has 4 nitrogen and oxygen atoms in total. The van der Waals surface area contributed by atoms with Gasteiger partial charge in [-0.2, -0.15) is 9.97 Å². The van der Waals surface area contributed by atoms with Crippen LogP contribution in [0.5, 0.6) is 0 Å². The van der Waals surface area contributed by atoms with E-state index in [4.69, 9.17) is 23.2 Å². The minimum atomic E-state index is 0.263. The third-order valence-corrected chi connectivity index (χ3v) is 2.16. The third-order valence-electron chi connectivity index (χ3n) is 1.42. The van der Waals surface area contributed by atoms with Crippen molar-refractivity contribution in [3.05, 3.63) is 15.9 Å². The summed E-state index contributed by atoms with van der Waals surface area (Å²) in [7, 11) is 3.70. The first kappa shape index (κ1) is 11.2. The van der Waals surface area contributed by atoms with Crippen molar-refractivity contribution in [1.82, 2.24) is 14.9 Å². The van der Waals surface area contributed by atoms with Crippen LogP contribution in [0.1, 0.15) is 5.56 Å². The molecule has 0 saturated heterocycles. The zero-order valence-electron chi connectivity index (χ0n) is 8.12. The van der Waals surface area contributed by atoms with Crippen LogP contribution < -0.4 is 0 Å². The van der Waals surface area contributed by atoms with Crippen LogP contribution in [-0.4, -0.2) is 35.3 Å². The van der Waals surface area contributed by atoms with Gasteiger partial charge in [0, 0.05) is 19.7 Å². The Labute approximate surface area is 92.6 Å². The highest BCUT2D eigenvalue weighted by Crippen LogP contribution is 2.22. The van der Waals surface area contributed by atoms with Crippen LogP contribution in [0.15, 0.2) is 4.99 Å². The van der Waals surface area contributed by atoms with Crippen molar-refractivity contribution in [2.24, 2.45) is 4.99 Å². The van der Waals surface area contributed by atoms with Crippen molar-refractivity contribution in [2.75, 3.05) is 14.1 Å². The van der Waals surface area contributed by atoms with Gasteiger partial charge in [0.05, 0.1) is 6.34 Å². The standard InChI is InChI=1S/C8H10Cl2N4/c1-5-6(9)12-8(13-7(5)10)11-4-14(2)3/h4H,1-3H3. The average Bonchev–Trinajstić information content (AvgIpc) is 2.10. The molecule has 0 aliphatic rings. The molecule has 0 aliphatic carbocycles. The molecule has 0 aliphatic heterocycles. The first-order valence-corrected chi connectivity index (χ1v) is 4.66.